The third-order valence-corrected chi connectivity index (χ3v) is 5.77. The minimum atomic E-state index is -0.189. The number of halogens is 1. The molecule has 2 aliphatic rings. The van der Waals surface area contributed by atoms with Crippen molar-refractivity contribution in [3.8, 4) is 0 Å². The summed E-state index contributed by atoms with van der Waals surface area (Å²) in [6.07, 6.45) is 1.58. The minimum absolute atomic E-state index is 0.189. The van der Waals surface area contributed by atoms with Crippen molar-refractivity contribution in [1.29, 1.82) is 0 Å². The van der Waals surface area contributed by atoms with Crippen LogP contribution in [-0.2, 0) is 11.3 Å². The van der Waals surface area contributed by atoms with Crippen LogP contribution < -0.4 is 15.1 Å². The molecule has 0 radical (unpaired) electrons. The highest BCUT2D eigenvalue weighted by Gasteiger charge is 2.16. The van der Waals surface area contributed by atoms with Crippen molar-refractivity contribution in [2.45, 2.75) is 6.54 Å². The first kappa shape index (κ1) is 18.3. The average Bonchev–Trinajstić information content (AvgIpc) is 2.74. The van der Waals surface area contributed by atoms with E-state index in [0.717, 1.165) is 54.9 Å². The zero-order valence-electron chi connectivity index (χ0n) is 15.2. The van der Waals surface area contributed by atoms with Crippen LogP contribution in [-0.4, -0.2) is 60.9 Å². The van der Waals surface area contributed by atoms with E-state index in [1.54, 1.807) is 12.4 Å². The Kier molecular flexibility index (Phi) is 5.94. The summed E-state index contributed by atoms with van der Waals surface area (Å²) in [5.74, 6) is 3.77. The minimum Gasteiger partial charge on any atom is -0.378 e. The van der Waals surface area contributed by atoms with Gasteiger partial charge in [-0.1, -0.05) is 6.07 Å². The smallest absolute Gasteiger partial charge is 0.146 e. The van der Waals surface area contributed by atoms with Crippen molar-refractivity contribution in [2.75, 3.05) is 66.0 Å². The van der Waals surface area contributed by atoms with E-state index in [1.807, 2.05) is 34.9 Å². The van der Waals surface area contributed by atoms with Gasteiger partial charge in [0.1, 0.15) is 23.8 Å². The highest BCUT2D eigenvalue weighted by Crippen LogP contribution is 2.23. The van der Waals surface area contributed by atoms with E-state index in [-0.39, 0.29) is 5.82 Å². The molecule has 0 saturated carbocycles. The van der Waals surface area contributed by atoms with Crippen molar-refractivity contribution in [2.24, 2.45) is 0 Å². The van der Waals surface area contributed by atoms with Gasteiger partial charge in [-0.25, -0.2) is 14.4 Å². The van der Waals surface area contributed by atoms with E-state index < -0.39 is 0 Å². The lowest BCUT2D eigenvalue weighted by Crippen LogP contribution is -2.36. The van der Waals surface area contributed by atoms with Gasteiger partial charge < -0.3 is 19.9 Å². The summed E-state index contributed by atoms with van der Waals surface area (Å²) in [4.78, 5) is 13.0. The molecule has 27 heavy (non-hydrogen) atoms. The van der Waals surface area contributed by atoms with Gasteiger partial charge in [0.2, 0.25) is 0 Å². The standard InChI is InChI=1S/C19H24FN5OS/c20-16-11-15(1-2-17(16)24-3-7-26-8-4-24)13-21-18-12-19(23-14-22-18)25-5-9-27-10-6-25/h1-2,11-12,14H,3-10,13H2,(H,21,22,23). The summed E-state index contributed by atoms with van der Waals surface area (Å²) in [6, 6.07) is 7.38. The van der Waals surface area contributed by atoms with E-state index in [0.29, 0.717) is 25.4 Å². The average molecular weight is 390 g/mol. The molecular weight excluding hydrogens is 365 g/mol. The molecule has 4 rings (SSSR count). The van der Waals surface area contributed by atoms with Crippen LogP contribution in [0.15, 0.2) is 30.6 Å². The summed E-state index contributed by atoms with van der Waals surface area (Å²) in [5, 5.41) is 3.28. The maximum absolute atomic E-state index is 14.5. The Bertz CT molecular complexity index is 766. The van der Waals surface area contributed by atoms with Crippen LogP contribution in [0, 0.1) is 5.82 Å². The van der Waals surface area contributed by atoms with Crippen molar-refractivity contribution >= 4 is 29.1 Å². The van der Waals surface area contributed by atoms with Crippen LogP contribution in [0.1, 0.15) is 5.56 Å². The van der Waals surface area contributed by atoms with E-state index in [1.165, 1.54) is 0 Å². The molecule has 2 fully saturated rings. The molecule has 144 valence electrons. The van der Waals surface area contributed by atoms with Crippen molar-refractivity contribution < 1.29 is 9.13 Å². The number of nitrogens with one attached hydrogen (secondary N) is 1. The van der Waals surface area contributed by atoms with Gasteiger partial charge in [-0.05, 0) is 17.7 Å². The predicted molar refractivity (Wildman–Crippen MR) is 108 cm³/mol. The number of morpholine rings is 1. The number of aromatic nitrogens is 2. The Balaban J connectivity index is 1.39. The zero-order chi connectivity index (χ0) is 18.5. The summed E-state index contributed by atoms with van der Waals surface area (Å²) in [7, 11) is 0. The maximum atomic E-state index is 14.5. The monoisotopic (exact) mass is 389 g/mol. The number of hydrogen-bond donors (Lipinski definition) is 1. The predicted octanol–water partition coefficient (Wildman–Crippen LogP) is 2.62. The van der Waals surface area contributed by atoms with E-state index in [9.17, 15) is 4.39 Å². The van der Waals surface area contributed by atoms with Gasteiger partial charge in [0.05, 0.1) is 18.9 Å². The van der Waals surface area contributed by atoms with Crippen molar-refractivity contribution in [3.05, 3.63) is 42.0 Å². The van der Waals surface area contributed by atoms with Crippen LogP contribution in [0.5, 0.6) is 0 Å². The van der Waals surface area contributed by atoms with Gasteiger partial charge in [0.15, 0.2) is 0 Å². The highest BCUT2D eigenvalue weighted by molar-refractivity contribution is 7.99. The number of ether oxygens (including phenoxy) is 1. The van der Waals surface area contributed by atoms with Crippen LogP contribution in [0.2, 0.25) is 0 Å². The zero-order valence-corrected chi connectivity index (χ0v) is 16.1. The van der Waals surface area contributed by atoms with Gasteiger partial charge >= 0.3 is 0 Å². The fraction of sp³-hybridized carbons (Fsp3) is 0.474. The molecule has 1 N–H and O–H groups in total. The number of nitrogens with zero attached hydrogens (tertiary/aromatic N) is 4. The fourth-order valence-electron chi connectivity index (χ4n) is 3.32. The summed E-state index contributed by atoms with van der Waals surface area (Å²) in [6.45, 7) is 5.29. The van der Waals surface area contributed by atoms with Crippen LogP contribution in [0.25, 0.3) is 0 Å². The first-order valence-electron chi connectivity index (χ1n) is 9.29. The molecule has 2 aliphatic heterocycles. The molecule has 0 bridgehead atoms. The molecule has 1 aromatic carbocycles. The van der Waals surface area contributed by atoms with E-state index in [2.05, 4.69) is 20.2 Å². The molecular formula is C19H24FN5OS. The largest absolute Gasteiger partial charge is 0.378 e. The van der Waals surface area contributed by atoms with Gasteiger partial charge in [0.25, 0.3) is 0 Å². The third kappa shape index (κ3) is 4.62. The fourth-order valence-corrected chi connectivity index (χ4v) is 4.23. The van der Waals surface area contributed by atoms with Crippen molar-refractivity contribution in [3.63, 3.8) is 0 Å². The normalized spacial score (nSPS) is 17.8. The first-order chi connectivity index (χ1) is 13.3. The number of anilines is 3. The third-order valence-electron chi connectivity index (χ3n) is 4.83. The second-order valence-corrected chi connectivity index (χ2v) is 7.82. The lowest BCUT2D eigenvalue weighted by molar-refractivity contribution is 0.122. The van der Waals surface area contributed by atoms with Gasteiger partial charge in [-0.3, -0.25) is 0 Å². The molecule has 6 nitrogen and oxygen atoms in total. The maximum Gasteiger partial charge on any atom is 0.146 e. The lowest BCUT2D eigenvalue weighted by atomic mass is 10.1. The molecule has 0 spiro atoms. The van der Waals surface area contributed by atoms with Gasteiger partial charge in [-0.15, -0.1) is 0 Å². The molecule has 1 aromatic heterocycles. The van der Waals surface area contributed by atoms with Crippen LogP contribution >= 0.6 is 11.8 Å². The summed E-state index contributed by atoms with van der Waals surface area (Å²) in [5.41, 5.74) is 1.54. The Hall–Kier alpha value is -2.06. The Labute approximate surface area is 163 Å². The molecule has 0 aliphatic carbocycles. The molecule has 0 atom stereocenters. The Morgan fingerprint density at radius 3 is 2.63 bits per heavy atom. The van der Waals surface area contributed by atoms with E-state index in [4.69, 9.17) is 4.74 Å². The summed E-state index contributed by atoms with van der Waals surface area (Å²) < 4.78 is 19.9. The second kappa shape index (κ2) is 8.75. The molecule has 8 heteroatoms. The van der Waals surface area contributed by atoms with Gasteiger partial charge in [-0.2, -0.15) is 11.8 Å². The number of benzene rings is 1. The Morgan fingerprint density at radius 2 is 1.85 bits per heavy atom. The topological polar surface area (TPSA) is 53.5 Å². The summed E-state index contributed by atoms with van der Waals surface area (Å²) >= 11 is 1.97. The van der Waals surface area contributed by atoms with Crippen LogP contribution in [0.3, 0.4) is 0 Å². The molecule has 3 heterocycles. The quantitative estimate of drug-likeness (QED) is 0.844. The molecule has 0 unspecified atom stereocenters. The number of thioether (sulfide) groups is 1. The molecule has 2 aromatic rings. The SMILES string of the molecule is Fc1cc(CNc2cc(N3CCSCC3)ncn2)ccc1N1CCOCC1. The number of rotatable bonds is 5. The lowest BCUT2D eigenvalue weighted by Gasteiger charge is -2.29. The number of hydrogen-bond acceptors (Lipinski definition) is 7. The van der Waals surface area contributed by atoms with Crippen molar-refractivity contribution in [1.82, 2.24) is 9.97 Å². The highest BCUT2D eigenvalue weighted by atomic mass is 32.2. The Morgan fingerprint density at radius 1 is 1.04 bits per heavy atom. The van der Waals surface area contributed by atoms with Crippen LogP contribution in [0.4, 0.5) is 21.7 Å². The molecule has 2 saturated heterocycles. The van der Waals surface area contributed by atoms with E-state index >= 15 is 0 Å². The van der Waals surface area contributed by atoms with Gasteiger partial charge in [0, 0.05) is 50.3 Å². The molecule has 0 amide bonds. The first-order valence-corrected chi connectivity index (χ1v) is 10.4. The second-order valence-electron chi connectivity index (χ2n) is 6.60.